The highest BCUT2D eigenvalue weighted by atomic mass is 32.1. The quantitative estimate of drug-likeness (QED) is 0.184. The van der Waals surface area contributed by atoms with Crippen molar-refractivity contribution in [3.63, 3.8) is 0 Å². The topological polar surface area (TPSA) is 9.86 Å². The standard InChI is InChI=1S/C36H19BN2S/c1-4-13-28-20(8-1)23-16-17-30-34-36(23)38(28)29-14-5-3-11-26(29)37(34)27-12-7-10-22-24-18-25-21-9-2-6-15-32(21)40-33(25)19-31(24)39(30)35(22)27/h1-19H. The maximum atomic E-state index is 2.57. The molecule has 40 heavy (non-hydrogen) atoms. The second kappa shape index (κ2) is 6.67. The zero-order chi connectivity index (χ0) is 25.7. The molecule has 0 radical (unpaired) electrons. The molecule has 3 aromatic heterocycles. The van der Waals surface area contributed by atoms with Gasteiger partial charge in [-0.05, 0) is 52.8 Å². The van der Waals surface area contributed by atoms with Gasteiger partial charge in [-0.25, -0.2) is 0 Å². The largest absolute Gasteiger partial charge is 0.310 e. The Labute approximate surface area is 233 Å². The first-order valence-corrected chi connectivity index (χ1v) is 14.7. The van der Waals surface area contributed by atoms with Gasteiger partial charge >= 0.3 is 0 Å². The number of benzene rings is 6. The summed E-state index contributed by atoms with van der Waals surface area (Å²) in [6.07, 6.45) is 0. The van der Waals surface area contributed by atoms with E-state index in [-0.39, 0.29) is 6.71 Å². The maximum Gasteiger partial charge on any atom is 0.252 e. The highest BCUT2D eigenvalue weighted by Crippen LogP contribution is 2.42. The molecule has 0 amide bonds. The van der Waals surface area contributed by atoms with Crippen molar-refractivity contribution in [1.82, 2.24) is 9.13 Å². The van der Waals surface area contributed by atoms with Gasteiger partial charge in [-0.2, -0.15) is 0 Å². The third kappa shape index (κ3) is 2.13. The summed E-state index contributed by atoms with van der Waals surface area (Å²) in [5.74, 6) is 0. The molecule has 2 aliphatic heterocycles. The van der Waals surface area contributed by atoms with Gasteiger partial charge in [0.1, 0.15) is 0 Å². The second-order valence-corrected chi connectivity index (χ2v) is 12.4. The van der Waals surface area contributed by atoms with Crippen LogP contribution in [-0.4, -0.2) is 15.8 Å². The van der Waals surface area contributed by atoms with Crippen LogP contribution in [0.25, 0.3) is 75.2 Å². The van der Waals surface area contributed by atoms with Crippen molar-refractivity contribution < 1.29 is 0 Å². The molecule has 2 nitrogen and oxygen atoms in total. The summed E-state index contributed by atoms with van der Waals surface area (Å²) in [4.78, 5) is 0. The molecule has 0 bridgehead atoms. The third-order valence-electron chi connectivity index (χ3n) is 9.50. The molecule has 4 heteroatoms. The van der Waals surface area contributed by atoms with Crippen molar-refractivity contribution >= 4 is 98.2 Å². The van der Waals surface area contributed by atoms with E-state index in [0.717, 1.165) is 0 Å². The summed E-state index contributed by atoms with van der Waals surface area (Å²) in [5.41, 5.74) is 12.1. The summed E-state index contributed by atoms with van der Waals surface area (Å²) in [6.45, 7) is 0.203. The lowest BCUT2D eigenvalue weighted by Gasteiger charge is -2.33. The molecule has 0 spiro atoms. The number of nitrogens with zero attached hydrogens (tertiary/aromatic N) is 2. The summed E-state index contributed by atoms with van der Waals surface area (Å²) < 4.78 is 7.80. The van der Waals surface area contributed by atoms with Crippen LogP contribution >= 0.6 is 11.3 Å². The maximum absolute atomic E-state index is 2.57. The van der Waals surface area contributed by atoms with Crippen LogP contribution in [0.4, 0.5) is 0 Å². The van der Waals surface area contributed by atoms with Crippen LogP contribution < -0.4 is 16.4 Å². The van der Waals surface area contributed by atoms with E-state index in [1.165, 1.54) is 91.5 Å². The SMILES string of the molecule is c1ccc2c(c1)B1c3cccc4c5cc6c(cc5n(c34)-c3ccc4c5ccccc5n-2c4c31)sc1ccccc16. The normalized spacial score (nSPS) is 13.4. The average Bonchev–Trinajstić information content (AvgIpc) is 3.65. The van der Waals surface area contributed by atoms with Gasteiger partial charge in [0.2, 0.25) is 0 Å². The first kappa shape index (κ1) is 20.2. The van der Waals surface area contributed by atoms with Crippen molar-refractivity contribution in [2.45, 2.75) is 0 Å². The van der Waals surface area contributed by atoms with Crippen molar-refractivity contribution in [3.8, 4) is 11.4 Å². The monoisotopic (exact) mass is 522 g/mol. The lowest BCUT2D eigenvalue weighted by molar-refractivity contribution is 1.16. The fourth-order valence-corrected chi connectivity index (χ4v) is 9.13. The molecular formula is C36H19BN2S. The van der Waals surface area contributed by atoms with Crippen molar-refractivity contribution in [2.24, 2.45) is 0 Å². The zero-order valence-corrected chi connectivity index (χ0v) is 22.2. The number of fused-ring (bicyclic) bond motifs is 14. The number of hydrogen-bond acceptors (Lipinski definition) is 1. The molecule has 0 unspecified atom stereocenters. The first-order chi connectivity index (χ1) is 19.9. The minimum Gasteiger partial charge on any atom is -0.310 e. The molecule has 2 aliphatic rings. The lowest BCUT2D eigenvalue weighted by Crippen LogP contribution is -2.59. The molecule has 0 saturated carbocycles. The predicted octanol–water partition coefficient (Wildman–Crippen LogP) is 7.39. The van der Waals surface area contributed by atoms with E-state index in [4.69, 9.17) is 0 Å². The average molecular weight is 522 g/mol. The molecular weight excluding hydrogens is 503 g/mol. The fourth-order valence-electron chi connectivity index (χ4n) is 8.01. The van der Waals surface area contributed by atoms with E-state index in [0.29, 0.717) is 0 Å². The Balaban J connectivity index is 1.40. The van der Waals surface area contributed by atoms with Gasteiger partial charge in [0, 0.05) is 58.6 Å². The van der Waals surface area contributed by atoms with Crippen LogP contribution in [0.3, 0.4) is 0 Å². The third-order valence-corrected chi connectivity index (χ3v) is 10.6. The number of aromatic nitrogens is 2. The second-order valence-electron chi connectivity index (χ2n) is 11.3. The Bertz CT molecular complexity index is 2610. The van der Waals surface area contributed by atoms with Gasteiger partial charge in [-0.15, -0.1) is 11.3 Å². The molecule has 0 atom stereocenters. The van der Waals surface area contributed by atoms with Crippen molar-refractivity contribution in [2.75, 3.05) is 0 Å². The summed E-state index contributed by atoms with van der Waals surface area (Å²) in [6, 6.07) is 43.4. The van der Waals surface area contributed by atoms with E-state index < -0.39 is 0 Å². The van der Waals surface area contributed by atoms with E-state index in [9.17, 15) is 0 Å². The fraction of sp³-hybridized carbons (Fsp3) is 0. The Morgan fingerprint density at radius 1 is 0.450 bits per heavy atom. The van der Waals surface area contributed by atoms with Crippen molar-refractivity contribution in [1.29, 1.82) is 0 Å². The zero-order valence-electron chi connectivity index (χ0n) is 21.3. The minimum absolute atomic E-state index is 0.203. The van der Waals surface area contributed by atoms with Crippen LogP contribution in [0.15, 0.2) is 115 Å². The Morgan fingerprint density at radius 3 is 2.17 bits per heavy atom. The van der Waals surface area contributed by atoms with E-state index in [1.54, 1.807) is 0 Å². The van der Waals surface area contributed by atoms with Gasteiger partial charge in [-0.1, -0.05) is 78.9 Å². The van der Waals surface area contributed by atoms with Crippen LogP contribution in [0.5, 0.6) is 0 Å². The Morgan fingerprint density at radius 2 is 1.20 bits per heavy atom. The van der Waals surface area contributed by atoms with Gasteiger partial charge in [0.15, 0.2) is 0 Å². The van der Waals surface area contributed by atoms with Crippen molar-refractivity contribution in [3.05, 3.63) is 115 Å². The molecule has 0 saturated heterocycles. The first-order valence-electron chi connectivity index (χ1n) is 13.9. The van der Waals surface area contributed by atoms with Gasteiger partial charge in [0.25, 0.3) is 6.71 Å². The molecule has 11 rings (SSSR count). The number of para-hydroxylation sites is 3. The molecule has 6 aromatic carbocycles. The Kier molecular flexibility index (Phi) is 3.36. The van der Waals surface area contributed by atoms with Crippen LogP contribution in [0, 0.1) is 0 Å². The van der Waals surface area contributed by atoms with Crippen LogP contribution in [0.1, 0.15) is 0 Å². The van der Waals surface area contributed by atoms with Crippen LogP contribution in [0.2, 0.25) is 0 Å². The number of rotatable bonds is 0. The van der Waals surface area contributed by atoms with Gasteiger partial charge < -0.3 is 9.13 Å². The van der Waals surface area contributed by atoms with Gasteiger partial charge in [-0.3, -0.25) is 0 Å². The predicted molar refractivity (Wildman–Crippen MR) is 173 cm³/mol. The summed E-state index contributed by atoms with van der Waals surface area (Å²) in [5, 5.41) is 8.06. The van der Waals surface area contributed by atoms with E-state index in [2.05, 4.69) is 124 Å². The summed E-state index contributed by atoms with van der Waals surface area (Å²) >= 11 is 1.90. The molecule has 182 valence electrons. The highest BCUT2D eigenvalue weighted by molar-refractivity contribution is 7.25. The van der Waals surface area contributed by atoms with E-state index >= 15 is 0 Å². The molecule has 5 heterocycles. The molecule has 0 N–H and O–H groups in total. The molecule has 9 aromatic rings. The molecule has 0 aliphatic carbocycles. The summed E-state index contributed by atoms with van der Waals surface area (Å²) in [7, 11) is 0. The number of thiophene rings is 1. The van der Waals surface area contributed by atoms with Crippen LogP contribution in [-0.2, 0) is 0 Å². The lowest BCUT2D eigenvalue weighted by atomic mass is 9.34. The highest BCUT2D eigenvalue weighted by Gasteiger charge is 2.40. The van der Waals surface area contributed by atoms with E-state index in [1.807, 2.05) is 11.3 Å². The Hall–Kier alpha value is -4.80. The smallest absolute Gasteiger partial charge is 0.252 e. The number of hydrogen-bond donors (Lipinski definition) is 0. The van der Waals surface area contributed by atoms with Gasteiger partial charge in [0.05, 0.1) is 16.6 Å². The molecule has 0 fully saturated rings. The minimum atomic E-state index is 0.203.